The third-order valence-electron chi connectivity index (χ3n) is 3.00. The molecule has 2 nitrogen and oxygen atoms in total. The Morgan fingerprint density at radius 2 is 1.82 bits per heavy atom. The second-order valence-electron chi connectivity index (χ2n) is 5.32. The number of carbonyl (C=O) groups is 1. The second-order valence-corrected chi connectivity index (χ2v) is 5.32. The van der Waals surface area contributed by atoms with Gasteiger partial charge in [0.05, 0.1) is 12.5 Å². The Morgan fingerprint density at radius 3 is 2.35 bits per heavy atom. The van der Waals surface area contributed by atoms with Gasteiger partial charge in [-0.2, -0.15) is 0 Å². The highest BCUT2D eigenvalue weighted by Gasteiger charge is 2.21. The van der Waals surface area contributed by atoms with E-state index in [2.05, 4.69) is 26.0 Å². The molecule has 0 aliphatic rings. The van der Waals surface area contributed by atoms with Crippen molar-refractivity contribution in [1.29, 1.82) is 0 Å². The number of esters is 1. The van der Waals surface area contributed by atoms with Crippen LogP contribution in [0.2, 0.25) is 0 Å². The Morgan fingerprint density at radius 1 is 1.24 bits per heavy atom. The fourth-order valence-corrected chi connectivity index (χ4v) is 1.61. The number of benzene rings is 1. The molecule has 17 heavy (non-hydrogen) atoms. The Hall–Kier alpha value is -1.31. The summed E-state index contributed by atoms with van der Waals surface area (Å²) < 4.78 is 5.22. The van der Waals surface area contributed by atoms with Crippen LogP contribution in [0.25, 0.3) is 0 Å². The first kappa shape index (κ1) is 13.8. The van der Waals surface area contributed by atoms with Gasteiger partial charge in [-0.1, -0.05) is 58.0 Å². The maximum Gasteiger partial charge on any atom is 0.308 e. The second kappa shape index (κ2) is 5.85. The van der Waals surface area contributed by atoms with Crippen LogP contribution in [0.5, 0.6) is 0 Å². The van der Waals surface area contributed by atoms with E-state index in [0.717, 1.165) is 6.42 Å². The molecule has 0 bridgehead atoms. The fraction of sp³-hybridized carbons (Fsp3) is 0.533. The minimum absolute atomic E-state index is 0.0402. The number of carbonyl (C=O) groups excluding carboxylic acids is 1. The van der Waals surface area contributed by atoms with Crippen LogP contribution < -0.4 is 0 Å². The Bertz CT molecular complexity index is 352. The van der Waals surface area contributed by atoms with Crippen molar-refractivity contribution in [2.24, 2.45) is 5.92 Å². The summed E-state index contributed by atoms with van der Waals surface area (Å²) in [7, 11) is 0. The van der Waals surface area contributed by atoms with Gasteiger partial charge in [-0.3, -0.25) is 4.79 Å². The van der Waals surface area contributed by atoms with Gasteiger partial charge >= 0.3 is 5.97 Å². The molecule has 0 aromatic heterocycles. The molecule has 1 aromatic rings. The Kier molecular flexibility index (Phi) is 4.73. The van der Waals surface area contributed by atoms with E-state index in [-0.39, 0.29) is 17.3 Å². The summed E-state index contributed by atoms with van der Waals surface area (Å²) in [4.78, 5) is 11.3. The third kappa shape index (κ3) is 4.22. The SMILES string of the molecule is CC(C)C(=O)OCCC(C)(C)c1ccccc1. The lowest BCUT2D eigenvalue weighted by atomic mass is 9.82. The van der Waals surface area contributed by atoms with E-state index < -0.39 is 0 Å². The fourth-order valence-electron chi connectivity index (χ4n) is 1.61. The zero-order valence-electron chi connectivity index (χ0n) is 11.2. The van der Waals surface area contributed by atoms with Crippen LogP contribution in [0.1, 0.15) is 39.7 Å². The van der Waals surface area contributed by atoms with E-state index in [1.165, 1.54) is 5.56 Å². The Balaban J connectivity index is 2.48. The molecule has 0 aliphatic heterocycles. The zero-order chi connectivity index (χ0) is 12.9. The van der Waals surface area contributed by atoms with Crippen LogP contribution in [-0.2, 0) is 14.9 Å². The molecular weight excluding hydrogens is 212 g/mol. The van der Waals surface area contributed by atoms with E-state index in [0.29, 0.717) is 6.61 Å². The van der Waals surface area contributed by atoms with Gasteiger partial charge in [-0.15, -0.1) is 0 Å². The summed E-state index contributed by atoms with van der Waals surface area (Å²) in [6.07, 6.45) is 0.843. The van der Waals surface area contributed by atoms with E-state index >= 15 is 0 Å². The van der Waals surface area contributed by atoms with Crippen molar-refractivity contribution in [2.75, 3.05) is 6.61 Å². The molecule has 0 saturated heterocycles. The van der Waals surface area contributed by atoms with Crippen LogP contribution in [0.4, 0.5) is 0 Å². The molecule has 0 unspecified atom stereocenters. The van der Waals surface area contributed by atoms with E-state index in [4.69, 9.17) is 4.74 Å². The monoisotopic (exact) mass is 234 g/mol. The minimum Gasteiger partial charge on any atom is -0.465 e. The van der Waals surface area contributed by atoms with Crippen molar-refractivity contribution in [3.05, 3.63) is 35.9 Å². The lowest BCUT2D eigenvalue weighted by molar-refractivity contribution is -0.147. The number of hydrogen-bond donors (Lipinski definition) is 0. The predicted molar refractivity (Wildman–Crippen MR) is 69.9 cm³/mol. The van der Waals surface area contributed by atoms with Gasteiger partial charge < -0.3 is 4.74 Å². The van der Waals surface area contributed by atoms with Crippen molar-refractivity contribution >= 4 is 5.97 Å². The maximum atomic E-state index is 11.3. The molecule has 94 valence electrons. The zero-order valence-corrected chi connectivity index (χ0v) is 11.2. The van der Waals surface area contributed by atoms with Crippen LogP contribution in [0.15, 0.2) is 30.3 Å². The summed E-state index contributed by atoms with van der Waals surface area (Å²) in [6.45, 7) is 8.53. The predicted octanol–water partition coefficient (Wildman–Crippen LogP) is 3.55. The van der Waals surface area contributed by atoms with E-state index in [9.17, 15) is 4.79 Å². The van der Waals surface area contributed by atoms with Gasteiger partial charge in [0.25, 0.3) is 0 Å². The van der Waals surface area contributed by atoms with Crippen molar-refractivity contribution in [3.8, 4) is 0 Å². The van der Waals surface area contributed by atoms with Crippen LogP contribution in [-0.4, -0.2) is 12.6 Å². The number of ether oxygens (including phenoxy) is 1. The summed E-state index contributed by atoms with van der Waals surface area (Å²) in [5.41, 5.74) is 1.32. The quantitative estimate of drug-likeness (QED) is 0.728. The molecule has 0 spiro atoms. The molecule has 0 saturated carbocycles. The number of hydrogen-bond acceptors (Lipinski definition) is 2. The van der Waals surface area contributed by atoms with Gasteiger partial charge in [0.15, 0.2) is 0 Å². The highest BCUT2D eigenvalue weighted by atomic mass is 16.5. The lowest BCUT2D eigenvalue weighted by Gasteiger charge is -2.25. The van der Waals surface area contributed by atoms with Crippen molar-refractivity contribution in [1.82, 2.24) is 0 Å². The number of rotatable bonds is 5. The lowest BCUT2D eigenvalue weighted by Crippen LogP contribution is -2.22. The first-order chi connectivity index (χ1) is 7.93. The van der Waals surface area contributed by atoms with Crippen molar-refractivity contribution in [2.45, 2.75) is 39.5 Å². The molecular formula is C15H22O2. The molecule has 1 rings (SSSR count). The molecule has 0 aliphatic carbocycles. The van der Waals surface area contributed by atoms with Crippen molar-refractivity contribution in [3.63, 3.8) is 0 Å². The smallest absolute Gasteiger partial charge is 0.308 e. The highest BCUT2D eigenvalue weighted by molar-refractivity contribution is 5.71. The minimum atomic E-state index is -0.117. The Labute approximate surface area is 104 Å². The summed E-state index contributed by atoms with van der Waals surface area (Å²) in [5.74, 6) is -0.163. The maximum absolute atomic E-state index is 11.3. The van der Waals surface area contributed by atoms with Crippen LogP contribution in [0.3, 0.4) is 0 Å². The van der Waals surface area contributed by atoms with E-state index in [1.54, 1.807) is 0 Å². The molecule has 0 atom stereocenters. The third-order valence-corrected chi connectivity index (χ3v) is 3.00. The first-order valence-corrected chi connectivity index (χ1v) is 6.15. The van der Waals surface area contributed by atoms with E-state index in [1.807, 2.05) is 32.0 Å². The summed E-state index contributed by atoms with van der Waals surface area (Å²) >= 11 is 0. The normalized spacial score (nSPS) is 11.6. The van der Waals surface area contributed by atoms with Crippen LogP contribution in [0, 0.1) is 5.92 Å². The summed E-state index contributed by atoms with van der Waals surface area (Å²) in [6, 6.07) is 10.3. The molecule has 1 aromatic carbocycles. The van der Waals surface area contributed by atoms with Gasteiger partial charge in [-0.25, -0.2) is 0 Å². The molecule has 0 radical (unpaired) electrons. The topological polar surface area (TPSA) is 26.3 Å². The molecule has 0 fully saturated rings. The first-order valence-electron chi connectivity index (χ1n) is 6.15. The average Bonchev–Trinajstić information content (AvgIpc) is 2.29. The molecule has 0 N–H and O–H groups in total. The molecule has 2 heteroatoms. The van der Waals surface area contributed by atoms with Gasteiger partial charge in [0, 0.05) is 0 Å². The van der Waals surface area contributed by atoms with Gasteiger partial charge in [0.2, 0.25) is 0 Å². The van der Waals surface area contributed by atoms with Crippen molar-refractivity contribution < 1.29 is 9.53 Å². The average molecular weight is 234 g/mol. The largest absolute Gasteiger partial charge is 0.465 e. The molecule has 0 heterocycles. The van der Waals surface area contributed by atoms with Gasteiger partial charge in [-0.05, 0) is 17.4 Å². The highest BCUT2D eigenvalue weighted by Crippen LogP contribution is 2.26. The standard InChI is InChI=1S/C15H22O2/c1-12(2)14(16)17-11-10-15(3,4)13-8-6-5-7-9-13/h5-9,12H,10-11H2,1-4H3. The van der Waals surface area contributed by atoms with Gasteiger partial charge in [0.1, 0.15) is 0 Å². The van der Waals surface area contributed by atoms with Crippen LogP contribution >= 0.6 is 0 Å². The summed E-state index contributed by atoms with van der Waals surface area (Å²) in [5, 5.41) is 0. The molecule has 0 amide bonds.